The van der Waals surface area contributed by atoms with Crippen molar-refractivity contribution in [3.05, 3.63) is 59.4 Å². The van der Waals surface area contributed by atoms with Gasteiger partial charge in [-0.3, -0.25) is 14.4 Å². The van der Waals surface area contributed by atoms with E-state index in [-0.39, 0.29) is 53.8 Å². The number of anilines is 1. The van der Waals surface area contributed by atoms with Crippen LogP contribution in [-0.2, 0) is 19.1 Å². The van der Waals surface area contributed by atoms with Gasteiger partial charge in [0, 0.05) is 18.1 Å². The van der Waals surface area contributed by atoms with Crippen LogP contribution in [0.15, 0.2) is 42.5 Å². The number of hydrogen-bond donors (Lipinski definition) is 1. The van der Waals surface area contributed by atoms with E-state index in [9.17, 15) is 23.9 Å². The molecule has 8 heteroatoms. The van der Waals surface area contributed by atoms with Crippen molar-refractivity contribution in [2.75, 3.05) is 18.1 Å². The Labute approximate surface area is 172 Å². The minimum absolute atomic E-state index is 0.0656. The summed E-state index contributed by atoms with van der Waals surface area (Å²) in [6.45, 7) is 3.26. The minimum Gasteiger partial charge on any atom is -0.506 e. The molecule has 1 N–H and O–H groups in total. The Balaban J connectivity index is 1.92. The van der Waals surface area contributed by atoms with Gasteiger partial charge in [-0.05, 0) is 37.3 Å². The van der Waals surface area contributed by atoms with Gasteiger partial charge in [0.1, 0.15) is 17.3 Å². The number of aliphatic hydroxyl groups excluding tert-OH is 1. The molecule has 7 nitrogen and oxygen atoms in total. The first kappa shape index (κ1) is 21.0. The highest BCUT2D eigenvalue weighted by Crippen LogP contribution is 2.40. The van der Waals surface area contributed by atoms with Gasteiger partial charge in [0.2, 0.25) is 5.91 Å². The Kier molecular flexibility index (Phi) is 6.15. The van der Waals surface area contributed by atoms with Crippen molar-refractivity contribution in [1.82, 2.24) is 0 Å². The number of fused-ring (bicyclic) bond motifs is 1. The van der Waals surface area contributed by atoms with Crippen molar-refractivity contribution in [3.8, 4) is 5.75 Å². The summed E-state index contributed by atoms with van der Waals surface area (Å²) in [4.78, 5) is 37.0. The number of amides is 2. The number of ether oxygens (including phenoxy) is 2. The van der Waals surface area contributed by atoms with E-state index in [4.69, 9.17) is 9.47 Å². The maximum absolute atomic E-state index is 13.7. The van der Waals surface area contributed by atoms with Gasteiger partial charge < -0.3 is 14.6 Å². The van der Waals surface area contributed by atoms with Crippen LogP contribution in [0.25, 0.3) is 11.3 Å². The molecule has 2 aromatic rings. The van der Waals surface area contributed by atoms with Crippen LogP contribution in [0.2, 0.25) is 0 Å². The topological polar surface area (TPSA) is 93.1 Å². The van der Waals surface area contributed by atoms with Crippen molar-refractivity contribution >= 4 is 34.8 Å². The lowest BCUT2D eigenvalue weighted by atomic mass is 10.0. The average molecular weight is 413 g/mol. The van der Waals surface area contributed by atoms with E-state index >= 15 is 0 Å². The Hall–Kier alpha value is -3.68. The number of imide groups is 1. The van der Waals surface area contributed by atoms with Crippen LogP contribution in [-0.4, -0.2) is 36.1 Å². The van der Waals surface area contributed by atoms with E-state index in [0.29, 0.717) is 5.75 Å². The summed E-state index contributed by atoms with van der Waals surface area (Å²) >= 11 is 0. The molecule has 30 heavy (non-hydrogen) atoms. The number of nitrogens with zero attached hydrogens (tertiary/aromatic N) is 1. The first-order chi connectivity index (χ1) is 14.3. The molecule has 0 unspecified atom stereocenters. The van der Waals surface area contributed by atoms with Gasteiger partial charge >= 0.3 is 5.97 Å². The molecule has 0 aromatic heterocycles. The fourth-order valence-corrected chi connectivity index (χ4v) is 3.14. The zero-order valence-electron chi connectivity index (χ0n) is 16.5. The van der Waals surface area contributed by atoms with Gasteiger partial charge in [-0.15, -0.1) is 0 Å². The maximum Gasteiger partial charge on any atom is 0.309 e. The van der Waals surface area contributed by atoms with E-state index in [0.717, 1.165) is 17.0 Å². The van der Waals surface area contributed by atoms with E-state index < -0.39 is 17.6 Å². The fraction of sp³-hybridized carbons (Fsp3) is 0.227. The smallest absolute Gasteiger partial charge is 0.309 e. The second kappa shape index (κ2) is 8.77. The molecule has 0 atom stereocenters. The standard InChI is InChI=1S/C22H20FNO6/c1-3-29-19(26)9-10-30-16-6-4-5-14(11-16)21(27)20-17-8-7-15(23)12-18(17)24(13(2)25)22(20)28/h4-8,11-12,27H,3,9-10H2,1-2H3. The summed E-state index contributed by atoms with van der Waals surface area (Å²) in [5.41, 5.74) is 0.496. The SMILES string of the molecule is CCOC(=O)CCOc1cccc(C(O)=C2C(=O)N(C(C)=O)c3cc(F)ccc32)c1. The third-order valence-corrected chi connectivity index (χ3v) is 4.43. The van der Waals surface area contributed by atoms with Crippen molar-refractivity contribution in [2.45, 2.75) is 20.3 Å². The van der Waals surface area contributed by atoms with Gasteiger partial charge in [-0.2, -0.15) is 0 Å². The molecular formula is C22H20FNO6. The predicted molar refractivity (Wildman–Crippen MR) is 107 cm³/mol. The minimum atomic E-state index is -0.741. The summed E-state index contributed by atoms with van der Waals surface area (Å²) in [7, 11) is 0. The van der Waals surface area contributed by atoms with Gasteiger partial charge in [-0.25, -0.2) is 9.29 Å². The van der Waals surface area contributed by atoms with E-state index in [1.807, 2.05) is 0 Å². The highest BCUT2D eigenvalue weighted by Gasteiger charge is 2.38. The molecule has 0 aliphatic carbocycles. The molecule has 1 heterocycles. The van der Waals surface area contributed by atoms with Gasteiger partial charge in [-0.1, -0.05) is 12.1 Å². The number of rotatable bonds is 6. The van der Waals surface area contributed by atoms with Crippen LogP contribution in [0.5, 0.6) is 5.75 Å². The van der Waals surface area contributed by atoms with Crippen LogP contribution in [0.3, 0.4) is 0 Å². The third-order valence-electron chi connectivity index (χ3n) is 4.43. The molecule has 0 radical (unpaired) electrons. The van der Waals surface area contributed by atoms with Crippen molar-refractivity contribution in [2.24, 2.45) is 0 Å². The number of aliphatic hydroxyl groups is 1. The van der Waals surface area contributed by atoms with Crippen molar-refractivity contribution in [3.63, 3.8) is 0 Å². The zero-order valence-corrected chi connectivity index (χ0v) is 16.5. The average Bonchev–Trinajstić information content (AvgIpc) is 2.99. The van der Waals surface area contributed by atoms with Crippen molar-refractivity contribution < 1.29 is 33.4 Å². The molecule has 1 aliphatic heterocycles. The number of carbonyl (C=O) groups is 3. The molecule has 2 amide bonds. The molecule has 0 bridgehead atoms. The predicted octanol–water partition coefficient (Wildman–Crippen LogP) is 3.48. The lowest BCUT2D eigenvalue weighted by Gasteiger charge is -2.12. The Morgan fingerprint density at radius 3 is 2.63 bits per heavy atom. The molecular weight excluding hydrogens is 393 g/mol. The first-order valence-corrected chi connectivity index (χ1v) is 9.30. The van der Waals surface area contributed by atoms with E-state index in [2.05, 4.69) is 0 Å². The summed E-state index contributed by atoms with van der Waals surface area (Å²) in [5.74, 6) is -2.32. The second-order valence-corrected chi connectivity index (χ2v) is 6.48. The number of carbonyl (C=O) groups excluding carboxylic acids is 3. The van der Waals surface area contributed by atoms with Gasteiger partial charge in [0.15, 0.2) is 0 Å². The van der Waals surface area contributed by atoms with Crippen LogP contribution in [0.4, 0.5) is 10.1 Å². The molecule has 0 spiro atoms. The summed E-state index contributed by atoms with van der Waals surface area (Å²) in [5, 5.41) is 10.8. The largest absolute Gasteiger partial charge is 0.506 e. The Morgan fingerprint density at radius 1 is 1.17 bits per heavy atom. The van der Waals surface area contributed by atoms with Crippen LogP contribution >= 0.6 is 0 Å². The number of halogens is 1. The Bertz CT molecular complexity index is 1050. The molecule has 0 fully saturated rings. The normalized spacial score (nSPS) is 14.4. The van der Waals surface area contributed by atoms with Crippen LogP contribution in [0.1, 0.15) is 31.4 Å². The van der Waals surface area contributed by atoms with Crippen LogP contribution in [0, 0.1) is 5.82 Å². The number of hydrogen-bond acceptors (Lipinski definition) is 6. The fourth-order valence-electron chi connectivity index (χ4n) is 3.14. The van der Waals surface area contributed by atoms with E-state index in [1.165, 1.54) is 19.1 Å². The summed E-state index contributed by atoms with van der Waals surface area (Å²) < 4.78 is 24.0. The molecule has 2 aromatic carbocycles. The third kappa shape index (κ3) is 4.17. The zero-order chi connectivity index (χ0) is 21.8. The first-order valence-electron chi connectivity index (χ1n) is 9.30. The molecule has 1 aliphatic rings. The highest BCUT2D eigenvalue weighted by molar-refractivity contribution is 6.42. The van der Waals surface area contributed by atoms with Crippen molar-refractivity contribution in [1.29, 1.82) is 0 Å². The number of benzene rings is 2. The monoisotopic (exact) mass is 413 g/mol. The maximum atomic E-state index is 13.7. The van der Waals surface area contributed by atoms with E-state index in [1.54, 1.807) is 25.1 Å². The van der Waals surface area contributed by atoms with Crippen LogP contribution < -0.4 is 9.64 Å². The Morgan fingerprint density at radius 2 is 1.93 bits per heavy atom. The quantitative estimate of drug-likeness (QED) is 0.443. The summed E-state index contributed by atoms with van der Waals surface area (Å²) in [6.07, 6.45) is 0.0656. The molecule has 3 rings (SSSR count). The lowest BCUT2D eigenvalue weighted by molar-refractivity contribution is -0.143. The number of esters is 1. The molecule has 0 saturated carbocycles. The van der Waals surface area contributed by atoms with Gasteiger partial charge in [0.25, 0.3) is 5.91 Å². The second-order valence-electron chi connectivity index (χ2n) is 6.48. The molecule has 0 saturated heterocycles. The lowest BCUT2D eigenvalue weighted by Crippen LogP contribution is -2.31. The van der Waals surface area contributed by atoms with Gasteiger partial charge in [0.05, 0.1) is 30.9 Å². The highest BCUT2D eigenvalue weighted by atomic mass is 19.1. The molecule has 156 valence electrons. The summed E-state index contributed by atoms with van der Waals surface area (Å²) in [6, 6.07) is 9.88.